The van der Waals surface area contributed by atoms with Crippen LogP contribution in [-0.2, 0) is 9.09 Å². The van der Waals surface area contributed by atoms with Crippen LogP contribution in [0.3, 0.4) is 0 Å². The molecule has 0 saturated heterocycles. The van der Waals surface area contributed by atoms with Crippen LogP contribution in [0.1, 0.15) is 12.8 Å². The number of rotatable bonds is 10. The van der Waals surface area contributed by atoms with Crippen molar-refractivity contribution in [2.24, 2.45) is 0 Å². The first-order chi connectivity index (χ1) is 18.6. The van der Waals surface area contributed by atoms with E-state index in [1.54, 1.807) is 0 Å². The predicted octanol–water partition coefficient (Wildman–Crippen LogP) is 4.30. The summed E-state index contributed by atoms with van der Waals surface area (Å²) in [5, 5.41) is 0.00808. The van der Waals surface area contributed by atoms with Gasteiger partial charge in [-0.15, -0.1) is 13.2 Å². The molecule has 10 nitrogen and oxygen atoms in total. The van der Waals surface area contributed by atoms with E-state index in [9.17, 15) is 31.3 Å². The molecule has 2 aromatic carbocycles. The predicted molar refractivity (Wildman–Crippen MR) is 136 cm³/mol. The SMILES string of the molecule is COc1cc(-n2ccnc(Sc3ccc(OC(F)(F)F)cc3)c2=O)ccc1OCC1(OP(=O)(O)O)CC(F)(F)C1.[NaH]. The van der Waals surface area contributed by atoms with Gasteiger partial charge in [0.2, 0.25) is 0 Å². The summed E-state index contributed by atoms with van der Waals surface area (Å²) in [6.07, 6.45) is -4.04. The van der Waals surface area contributed by atoms with Crippen LogP contribution in [-0.4, -0.2) is 80.5 Å². The third kappa shape index (κ3) is 8.91. The average molecular weight is 634 g/mol. The quantitative estimate of drug-likeness (QED) is 0.189. The van der Waals surface area contributed by atoms with Crippen molar-refractivity contribution in [3.63, 3.8) is 0 Å². The fourth-order valence-corrected chi connectivity index (χ4v) is 5.44. The molecular weight excluding hydrogens is 613 g/mol. The van der Waals surface area contributed by atoms with E-state index in [0.717, 1.165) is 23.9 Å². The van der Waals surface area contributed by atoms with Gasteiger partial charge in [0.15, 0.2) is 16.5 Å². The maximum atomic E-state index is 13.5. The van der Waals surface area contributed by atoms with Gasteiger partial charge in [-0.2, -0.15) is 0 Å². The molecule has 18 heteroatoms. The standard InChI is InChI=1S/C23H20F5N2O8PS.Na.H/c1-35-18-10-14(2-7-17(18)36-13-21(38-39(32,33)34)11-22(24,25)12-21)30-9-8-29-19(20(30)31)40-16-5-3-15(4-6-16)37-23(26,27)28;;/h2-10H,11-13H2,1H3,(H2,32,33,34);;. The molecule has 41 heavy (non-hydrogen) atoms. The Morgan fingerprint density at radius 3 is 2.32 bits per heavy atom. The van der Waals surface area contributed by atoms with Crippen LogP contribution in [0, 0.1) is 0 Å². The molecule has 1 saturated carbocycles. The topological polar surface area (TPSA) is 129 Å². The van der Waals surface area contributed by atoms with Crippen molar-refractivity contribution in [1.82, 2.24) is 9.55 Å². The summed E-state index contributed by atoms with van der Waals surface area (Å²) >= 11 is 0.911. The van der Waals surface area contributed by atoms with Gasteiger partial charge in [0.05, 0.1) is 12.8 Å². The third-order valence-electron chi connectivity index (χ3n) is 5.47. The summed E-state index contributed by atoms with van der Waals surface area (Å²) in [6.45, 7) is -0.605. The fourth-order valence-electron chi connectivity index (χ4n) is 3.96. The van der Waals surface area contributed by atoms with Gasteiger partial charge in [-0.3, -0.25) is 13.9 Å². The number of hydrogen-bond acceptors (Lipinski definition) is 8. The molecule has 1 aromatic heterocycles. The Balaban J connectivity index is 0.00000462. The zero-order valence-electron chi connectivity index (χ0n) is 20.3. The summed E-state index contributed by atoms with van der Waals surface area (Å²) < 4.78 is 95.9. The van der Waals surface area contributed by atoms with E-state index in [-0.39, 0.29) is 46.1 Å². The second-order valence-electron chi connectivity index (χ2n) is 8.63. The molecule has 0 spiro atoms. The zero-order valence-corrected chi connectivity index (χ0v) is 22.0. The van der Waals surface area contributed by atoms with Crippen molar-refractivity contribution in [2.45, 2.75) is 40.6 Å². The van der Waals surface area contributed by atoms with Crippen LogP contribution in [0.4, 0.5) is 22.0 Å². The van der Waals surface area contributed by atoms with Crippen LogP contribution in [0.15, 0.2) is 69.6 Å². The van der Waals surface area contributed by atoms with Crippen molar-refractivity contribution in [1.29, 1.82) is 0 Å². The van der Waals surface area contributed by atoms with Crippen LogP contribution < -0.4 is 19.8 Å². The maximum absolute atomic E-state index is 13.5. The number of methoxy groups -OCH3 is 1. The Hall–Kier alpha value is -2.17. The van der Waals surface area contributed by atoms with E-state index in [0.29, 0.717) is 10.6 Å². The van der Waals surface area contributed by atoms with Gasteiger partial charge in [-0.1, -0.05) is 11.8 Å². The van der Waals surface area contributed by atoms with E-state index >= 15 is 0 Å². The molecular formula is C23H21F5N2NaO8PS. The molecule has 1 heterocycles. The molecule has 0 aliphatic heterocycles. The van der Waals surface area contributed by atoms with Gasteiger partial charge in [0.1, 0.15) is 18.0 Å². The normalized spacial score (nSPS) is 15.8. The minimum atomic E-state index is -5.09. The van der Waals surface area contributed by atoms with Gasteiger partial charge >= 0.3 is 43.7 Å². The van der Waals surface area contributed by atoms with Crippen LogP contribution in [0.2, 0.25) is 0 Å². The Kier molecular flexibility index (Phi) is 10.2. The van der Waals surface area contributed by atoms with Gasteiger partial charge < -0.3 is 24.0 Å². The summed E-state index contributed by atoms with van der Waals surface area (Å²) in [5.41, 5.74) is -2.18. The Labute approximate surface area is 255 Å². The molecule has 0 amide bonds. The molecule has 1 aliphatic carbocycles. The number of phosphoric ester groups is 1. The number of alkyl halides is 5. The first-order valence-corrected chi connectivity index (χ1v) is 13.5. The van der Waals surface area contributed by atoms with Gasteiger partial charge in [0, 0.05) is 36.2 Å². The Morgan fingerprint density at radius 2 is 1.76 bits per heavy atom. The Morgan fingerprint density at radius 1 is 1.10 bits per heavy atom. The molecule has 218 valence electrons. The number of phosphoric acid groups is 1. The minimum absolute atomic E-state index is 0. The molecule has 0 bridgehead atoms. The third-order valence-corrected chi connectivity index (χ3v) is 7.08. The zero-order chi connectivity index (χ0) is 29.3. The van der Waals surface area contributed by atoms with Crippen LogP contribution in [0.25, 0.3) is 5.69 Å². The summed E-state index contributed by atoms with van der Waals surface area (Å²) in [5.74, 6) is -3.47. The molecule has 0 atom stereocenters. The first-order valence-electron chi connectivity index (χ1n) is 11.1. The second kappa shape index (κ2) is 12.6. The van der Waals surface area contributed by atoms with E-state index < -0.39 is 56.5 Å². The molecule has 3 aromatic rings. The first kappa shape index (κ1) is 33.3. The molecule has 0 unspecified atom stereocenters. The summed E-state index contributed by atoms with van der Waals surface area (Å²) in [4.78, 5) is 35.8. The van der Waals surface area contributed by atoms with E-state index in [2.05, 4.69) is 14.2 Å². The Bertz CT molecular complexity index is 1480. The second-order valence-corrected chi connectivity index (χ2v) is 10.9. The van der Waals surface area contributed by atoms with E-state index in [1.165, 1.54) is 54.4 Å². The number of ether oxygens (including phenoxy) is 3. The summed E-state index contributed by atoms with van der Waals surface area (Å²) in [7, 11) is -3.80. The number of halogens is 5. The molecule has 1 aliphatic rings. The molecule has 4 rings (SSSR count). The molecule has 0 radical (unpaired) electrons. The summed E-state index contributed by atoms with van der Waals surface area (Å²) in [6, 6.07) is 9.08. The molecule has 2 N–H and O–H groups in total. The van der Waals surface area contributed by atoms with Crippen molar-refractivity contribution in [3.8, 4) is 22.9 Å². The number of hydrogen-bond donors (Lipinski definition) is 2. The van der Waals surface area contributed by atoms with Crippen molar-refractivity contribution >= 4 is 49.1 Å². The van der Waals surface area contributed by atoms with Crippen LogP contribution >= 0.6 is 19.6 Å². The van der Waals surface area contributed by atoms with Gasteiger partial charge in [0.25, 0.3) is 11.5 Å². The van der Waals surface area contributed by atoms with Crippen molar-refractivity contribution in [3.05, 3.63) is 65.2 Å². The van der Waals surface area contributed by atoms with Crippen molar-refractivity contribution < 1.29 is 55.0 Å². The fraction of sp³-hybridized carbons (Fsp3) is 0.304. The van der Waals surface area contributed by atoms with Crippen molar-refractivity contribution in [2.75, 3.05) is 13.7 Å². The average Bonchev–Trinajstić information content (AvgIpc) is 2.82. The van der Waals surface area contributed by atoms with E-state index in [4.69, 9.17) is 19.3 Å². The van der Waals surface area contributed by atoms with E-state index in [1.807, 2.05) is 0 Å². The molecule has 1 fully saturated rings. The van der Waals surface area contributed by atoms with Gasteiger partial charge in [-0.25, -0.2) is 18.3 Å². The number of benzene rings is 2. The number of aromatic nitrogens is 2. The van der Waals surface area contributed by atoms with Crippen LogP contribution in [0.5, 0.6) is 17.2 Å². The monoisotopic (exact) mass is 634 g/mol. The number of nitrogens with zero attached hydrogens (tertiary/aromatic N) is 2. The van der Waals surface area contributed by atoms with Gasteiger partial charge in [-0.05, 0) is 36.4 Å².